The molecule has 0 radical (unpaired) electrons. The van der Waals surface area contributed by atoms with Crippen molar-refractivity contribution in [1.29, 1.82) is 0 Å². The van der Waals surface area contributed by atoms with Gasteiger partial charge >= 0.3 is 16.8 Å². The second-order valence-corrected chi connectivity index (χ2v) is 8.94. The van der Waals surface area contributed by atoms with E-state index in [0.29, 0.717) is 24.5 Å². The standard InChI is InChI=1S/C29H25NO6S/c1-34-27(31)24(28(32)35-2)18-21-10-13-23(14-11-21)36-17-16-30-25-15-12-22(19-26(25)37-29(30)33)9-8-20-6-4-3-5-7-20/h3-15,18-19H,16-17H2,1-2H3/b9-8+. The lowest BCUT2D eigenvalue weighted by atomic mass is 10.1. The maximum Gasteiger partial charge on any atom is 0.345 e. The first-order chi connectivity index (χ1) is 18.0. The van der Waals surface area contributed by atoms with E-state index in [0.717, 1.165) is 21.3 Å². The highest BCUT2D eigenvalue weighted by Gasteiger charge is 2.19. The largest absolute Gasteiger partial charge is 0.492 e. The molecule has 0 saturated carbocycles. The Bertz CT molecular complexity index is 1500. The van der Waals surface area contributed by atoms with Crippen molar-refractivity contribution in [3.8, 4) is 5.75 Å². The Kier molecular flexibility index (Phi) is 8.33. The highest BCUT2D eigenvalue weighted by molar-refractivity contribution is 7.16. The summed E-state index contributed by atoms with van der Waals surface area (Å²) in [6, 6.07) is 22.9. The van der Waals surface area contributed by atoms with Gasteiger partial charge in [0.2, 0.25) is 0 Å². The molecule has 4 aromatic rings. The van der Waals surface area contributed by atoms with Gasteiger partial charge < -0.3 is 14.2 Å². The van der Waals surface area contributed by atoms with Gasteiger partial charge in [-0.2, -0.15) is 0 Å². The van der Waals surface area contributed by atoms with Crippen molar-refractivity contribution in [2.45, 2.75) is 6.54 Å². The van der Waals surface area contributed by atoms with Crippen LogP contribution < -0.4 is 9.61 Å². The zero-order valence-electron chi connectivity index (χ0n) is 20.4. The van der Waals surface area contributed by atoms with Gasteiger partial charge in [-0.1, -0.05) is 72.0 Å². The van der Waals surface area contributed by atoms with Crippen LogP contribution in [0.3, 0.4) is 0 Å². The number of hydrogen-bond donors (Lipinski definition) is 0. The zero-order chi connectivity index (χ0) is 26.2. The minimum absolute atomic E-state index is 0.0403. The van der Waals surface area contributed by atoms with Crippen LogP contribution >= 0.6 is 11.3 Å². The summed E-state index contributed by atoms with van der Waals surface area (Å²) in [5.41, 5.74) is 3.41. The third-order valence-electron chi connectivity index (χ3n) is 5.55. The minimum atomic E-state index is -0.778. The summed E-state index contributed by atoms with van der Waals surface area (Å²) in [5.74, 6) is -0.962. The fraction of sp³-hybridized carbons (Fsp3) is 0.138. The van der Waals surface area contributed by atoms with E-state index >= 15 is 0 Å². The number of thiazole rings is 1. The van der Waals surface area contributed by atoms with Crippen LogP contribution in [0.4, 0.5) is 0 Å². The fourth-order valence-electron chi connectivity index (χ4n) is 3.66. The van der Waals surface area contributed by atoms with E-state index in [1.165, 1.54) is 31.6 Å². The molecule has 0 spiro atoms. The first-order valence-corrected chi connectivity index (χ1v) is 12.3. The summed E-state index contributed by atoms with van der Waals surface area (Å²) < 4.78 is 17.7. The van der Waals surface area contributed by atoms with Crippen molar-refractivity contribution in [3.05, 3.63) is 105 Å². The average Bonchev–Trinajstić information content (AvgIpc) is 3.25. The molecule has 1 aromatic heterocycles. The number of ether oxygens (including phenoxy) is 3. The molecule has 3 aromatic carbocycles. The van der Waals surface area contributed by atoms with Gasteiger partial charge in [0.1, 0.15) is 17.9 Å². The molecule has 0 bridgehead atoms. The summed E-state index contributed by atoms with van der Waals surface area (Å²) in [6.45, 7) is 0.695. The predicted octanol–water partition coefficient (Wildman–Crippen LogP) is 5.04. The third-order valence-corrected chi connectivity index (χ3v) is 6.49. The Morgan fingerprint density at radius 1 is 0.838 bits per heavy atom. The molecule has 0 aliphatic rings. The normalized spacial score (nSPS) is 10.9. The van der Waals surface area contributed by atoms with Gasteiger partial charge in [0.25, 0.3) is 0 Å². The molecule has 188 valence electrons. The van der Waals surface area contributed by atoms with E-state index in [4.69, 9.17) is 4.74 Å². The van der Waals surface area contributed by atoms with Gasteiger partial charge in [-0.05, 0) is 47.0 Å². The topological polar surface area (TPSA) is 83.8 Å². The molecule has 4 rings (SSSR count). The van der Waals surface area contributed by atoms with Crippen LogP contribution in [0.25, 0.3) is 28.4 Å². The van der Waals surface area contributed by atoms with Crippen molar-refractivity contribution in [2.75, 3.05) is 20.8 Å². The third kappa shape index (κ3) is 6.42. The zero-order valence-corrected chi connectivity index (χ0v) is 21.2. The van der Waals surface area contributed by atoms with Crippen molar-refractivity contribution < 1.29 is 23.8 Å². The molecule has 0 aliphatic heterocycles. The SMILES string of the molecule is COC(=O)C(=Cc1ccc(OCCn2c(=O)sc3cc(/C=C/c4ccccc4)ccc32)cc1)C(=O)OC. The number of rotatable bonds is 9. The quantitative estimate of drug-likeness (QED) is 0.102. The minimum Gasteiger partial charge on any atom is -0.492 e. The second-order valence-electron chi connectivity index (χ2n) is 7.95. The monoisotopic (exact) mass is 515 g/mol. The molecular weight excluding hydrogens is 490 g/mol. The predicted molar refractivity (Wildman–Crippen MR) is 145 cm³/mol. The van der Waals surface area contributed by atoms with Gasteiger partial charge in [0, 0.05) is 0 Å². The highest BCUT2D eigenvalue weighted by Crippen LogP contribution is 2.21. The molecule has 1 heterocycles. The molecule has 7 nitrogen and oxygen atoms in total. The summed E-state index contributed by atoms with van der Waals surface area (Å²) in [4.78, 5) is 36.2. The lowest BCUT2D eigenvalue weighted by Gasteiger charge is -2.08. The summed E-state index contributed by atoms with van der Waals surface area (Å²) in [6.07, 6.45) is 5.47. The number of methoxy groups -OCH3 is 2. The summed E-state index contributed by atoms with van der Waals surface area (Å²) >= 11 is 1.21. The highest BCUT2D eigenvalue weighted by atomic mass is 32.1. The van der Waals surface area contributed by atoms with Crippen LogP contribution in [-0.4, -0.2) is 37.3 Å². The molecule has 37 heavy (non-hydrogen) atoms. The number of benzene rings is 3. The number of esters is 2. The first-order valence-electron chi connectivity index (χ1n) is 11.5. The lowest BCUT2D eigenvalue weighted by Crippen LogP contribution is -2.17. The molecule has 0 N–H and O–H groups in total. The van der Waals surface area contributed by atoms with Crippen LogP contribution in [0.5, 0.6) is 5.75 Å². The Labute approximate surface area is 217 Å². The summed E-state index contributed by atoms with van der Waals surface area (Å²) in [5, 5.41) is 0. The van der Waals surface area contributed by atoms with Crippen molar-refractivity contribution in [1.82, 2.24) is 4.57 Å². The molecular formula is C29H25NO6S. The maximum atomic E-state index is 12.6. The Morgan fingerprint density at radius 3 is 2.16 bits per heavy atom. The second kappa shape index (κ2) is 12.0. The van der Waals surface area contributed by atoms with Crippen molar-refractivity contribution >= 4 is 51.7 Å². The Morgan fingerprint density at radius 2 is 1.49 bits per heavy atom. The van der Waals surface area contributed by atoms with Crippen LogP contribution in [0, 0.1) is 0 Å². The van der Waals surface area contributed by atoms with Gasteiger partial charge in [0.15, 0.2) is 0 Å². The number of hydrogen-bond acceptors (Lipinski definition) is 7. The van der Waals surface area contributed by atoms with Gasteiger partial charge in [-0.15, -0.1) is 0 Å². The van der Waals surface area contributed by atoms with Gasteiger partial charge in [-0.3, -0.25) is 9.36 Å². The van der Waals surface area contributed by atoms with E-state index in [-0.39, 0.29) is 10.4 Å². The fourth-order valence-corrected chi connectivity index (χ4v) is 4.62. The van der Waals surface area contributed by atoms with E-state index in [2.05, 4.69) is 9.47 Å². The molecule has 0 aliphatic carbocycles. The maximum absolute atomic E-state index is 12.6. The van der Waals surface area contributed by atoms with Crippen LogP contribution in [0.1, 0.15) is 16.7 Å². The smallest absolute Gasteiger partial charge is 0.345 e. The molecule has 0 fully saturated rings. The molecule has 0 amide bonds. The number of aromatic nitrogens is 1. The van der Waals surface area contributed by atoms with Crippen LogP contribution in [-0.2, 0) is 25.6 Å². The van der Waals surface area contributed by atoms with Crippen molar-refractivity contribution in [2.24, 2.45) is 0 Å². The number of carbonyl (C=O) groups excluding carboxylic acids is 2. The van der Waals surface area contributed by atoms with Crippen LogP contribution in [0.2, 0.25) is 0 Å². The van der Waals surface area contributed by atoms with Gasteiger partial charge in [0.05, 0.1) is 31.0 Å². The number of nitrogens with zero attached hydrogens (tertiary/aromatic N) is 1. The average molecular weight is 516 g/mol. The Hall–Kier alpha value is -4.43. The van der Waals surface area contributed by atoms with Crippen LogP contribution in [0.15, 0.2) is 83.2 Å². The Balaban J connectivity index is 1.41. The molecule has 0 saturated heterocycles. The van der Waals surface area contributed by atoms with E-state index in [9.17, 15) is 14.4 Å². The molecule has 8 heteroatoms. The summed E-state index contributed by atoms with van der Waals surface area (Å²) in [7, 11) is 2.39. The van der Waals surface area contributed by atoms with E-state index in [1.54, 1.807) is 28.8 Å². The molecule has 0 atom stereocenters. The number of carbonyl (C=O) groups is 2. The van der Waals surface area contributed by atoms with Gasteiger partial charge in [-0.25, -0.2) is 9.59 Å². The first kappa shape index (κ1) is 25.7. The van der Waals surface area contributed by atoms with Crippen molar-refractivity contribution in [3.63, 3.8) is 0 Å². The lowest BCUT2D eigenvalue weighted by molar-refractivity contribution is -0.143. The van der Waals surface area contributed by atoms with E-state index in [1.807, 2.05) is 60.7 Å². The van der Waals surface area contributed by atoms with E-state index < -0.39 is 11.9 Å². The molecule has 0 unspecified atom stereocenters. The number of fused-ring (bicyclic) bond motifs is 1.